The second kappa shape index (κ2) is 19.2. The van der Waals surface area contributed by atoms with Crippen molar-refractivity contribution in [3.8, 4) is 11.5 Å². The lowest BCUT2D eigenvalue weighted by atomic mass is 9.57. The summed E-state index contributed by atoms with van der Waals surface area (Å²) in [5.41, 5.74) is 3.95. The molecule has 1 atom stereocenters. The number of rotatable bonds is 14. The van der Waals surface area contributed by atoms with E-state index in [9.17, 15) is 28.1 Å². The molecule has 348 valence electrons. The van der Waals surface area contributed by atoms with Crippen LogP contribution in [0.15, 0.2) is 84.0 Å². The van der Waals surface area contributed by atoms with Crippen LogP contribution in [-0.4, -0.2) is 104 Å². The summed E-state index contributed by atoms with van der Waals surface area (Å²) >= 11 is 6.66. The second-order valence-electron chi connectivity index (χ2n) is 18.1. The van der Waals surface area contributed by atoms with Gasteiger partial charge in [0.2, 0.25) is 0 Å². The minimum absolute atomic E-state index is 0.0437. The summed E-state index contributed by atoms with van der Waals surface area (Å²) in [5, 5.41) is 17.1. The van der Waals surface area contributed by atoms with Gasteiger partial charge in [0, 0.05) is 73.2 Å². The third kappa shape index (κ3) is 9.85. The van der Waals surface area contributed by atoms with Crippen molar-refractivity contribution in [2.75, 3.05) is 69.2 Å². The van der Waals surface area contributed by atoms with Gasteiger partial charge in [0.25, 0.3) is 21.6 Å². The van der Waals surface area contributed by atoms with Crippen molar-refractivity contribution in [3.63, 3.8) is 0 Å². The Morgan fingerprint density at radius 3 is 2.58 bits per heavy atom. The Labute approximate surface area is 389 Å². The Bertz CT molecular complexity index is 2730. The van der Waals surface area contributed by atoms with Gasteiger partial charge in [-0.25, -0.2) is 18.1 Å². The molecule has 4 aliphatic rings. The Morgan fingerprint density at radius 1 is 1.00 bits per heavy atom. The van der Waals surface area contributed by atoms with E-state index >= 15 is 0 Å². The molecule has 4 heterocycles. The Hall–Kier alpha value is -5.75. The van der Waals surface area contributed by atoms with Crippen molar-refractivity contribution in [1.82, 2.24) is 24.5 Å². The van der Waals surface area contributed by atoms with Gasteiger partial charge in [-0.2, -0.15) is 0 Å². The van der Waals surface area contributed by atoms with E-state index < -0.39 is 31.4 Å². The molecule has 16 nitrogen and oxygen atoms in total. The van der Waals surface area contributed by atoms with E-state index in [1.54, 1.807) is 37.4 Å². The largest absolute Gasteiger partial charge is 0.465 e. The number of piperazine rings is 1. The number of hydrogen-bond acceptors (Lipinski definition) is 13. The predicted octanol–water partition coefficient (Wildman–Crippen LogP) is 8.09. The highest BCUT2D eigenvalue weighted by Gasteiger charge is 2.45. The van der Waals surface area contributed by atoms with Crippen molar-refractivity contribution >= 4 is 61.6 Å². The number of fused-ring (bicyclic) bond motifs is 2. The first-order valence-corrected chi connectivity index (χ1v) is 24.7. The molecule has 3 aromatic carbocycles. The molecule has 3 N–H and O–H groups in total. The van der Waals surface area contributed by atoms with Crippen molar-refractivity contribution < 1.29 is 32.4 Å². The number of nitro benzene ring substituents is 1. The molecule has 1 amide bonds. The first-order valence-electron chi connectivity index (χ1n) is 22.9. The third-order valence-electron chi connectivity index (χ3n) is 13.9. The van der Waals surface area contributed by atoms with Gasteiger partial charge in [-0.15, -0.1) is 0 Å². The van der Waals surface area contributed by atoms with Gasteiger partial charge in [0.05, 0.1) is 34.7 Å². The molecule has 3 fully saturated rings. The standard InChI is InChI=1S/C48H55ClN8O8S/c1-2-64-45(58)31-54-18-15-48(16-19-54)27-32(28-48)29-51-41-13-11-36(26-43(41)57(60)61)66(62,63)53-47(59)39-12-10-34(25-44(39)65-35-24-33-14-17-50-46(33)52-30-35)55-20-22-56(23-21-55)42-9-4-3-6-37-38(42)7-5-8-40(37)49/h5,7-8,10-14,17,24-26,30,32,42,51H,2-4,6,9,15-16,18-23,27-29,31H2,1H3,(H,50,52)(H,53,59)/t42-/m1/s1. The number of sulfonamides is 1. The van der Waals surface area contributed by atoms with Crippen LogP contribution >= 0.6 is 11.6 Å². The van der Waals surface area contributed by atoms with E-state index in [0.717, 1.165) is 99.7 Å². The van der Waals surface area contributed by atoms with E-state index in [1.165, 1.54) is 29.5 Å². The number of piperidine rings is 1. The molecule has 2 saturated heterocycles. The lowest BCUT2D eigenvalue weighted by molar-refractivity contribution is -0.384. The zero-order valence-corrected chi connectivity index (χ0v) is 38.5. The van der Waals surface area contributed by atoms with Crippen LogP contribution < -0.4 is 19.7 Å². The molecule has 2 aliphatic carbocycles. The first-order chi connectivity index (χ1) is 31.9. The number of esters is 1. The van der Waals surface area contributed by atoms with E-state index in [0.29, 0.717) is 50.1 Å². The highest BCUT2D eigenvalue weighted by atomic mass is 35.5. The number of carbonyl (C=O) groups excluding carboxylic acids is 2. The van der Waals surface area contributed by atoms with Crippen LogP contribution in [0.2, 0.25) is 5.02 Å². The second-order valence-corrected chi connectivity index (χ2v) is 20.2. The Kier molecular flexibility index (Phi) is 13.2. The summed E-state index contributed by atoms with van der Waals surface area (Å²) in [7, 11) is -4.59. The monoisotopic (exact) mass is 938 g/mol. The van der Waals surface area contributed by atoms with Crippen LogP contribution in [0.1, 0.15) is 79.4 Å². The Morgan fingerprint density at radius 2 is 1.80 bits per heavy atom. The van der Waals surface area contributed by atoms with Gasteiger partial charge in [0.1, 0.15) is 22.8 Å². The maximum Gasteiger partial charge on any atom is 0.320 e. The molecule has 1 saturated carbocycles. The third-order valence-corrected chi connectivity index (χ3v) is 15.6. The van der Waals surface area contributed by atoms with Crippen LogP contribution in [0.25, 0.3) is 11.0 Å². The number of amides is 1. The number of ether oxygens (including phenoxy) is 2. The van der Waals surface area contributed by atoms with Crippen molar-refractivity contribution in [2.24, 2.45) is 11.3 Å². The summed E-state index contributed by atoms with van der Waals surface area (Å²) in [6.45, 7) is 7.64. The van der Waals surface area contributed by atoms with E-state index in [2.05, 4.69) is 40.8 Å². The smallest absolute Gasteiger partial charge is 0.320 e. The molecular weight excluding hydrogens is 884 g/mol. The molecule has 2 aromatic heterocycles. The van der Waals surface area contributed by atoms with Crippen LogP contribution in [0, 0.1) is 21.4 Å². The van der Waals surface area contributed by atoms with Crippen LogP contribution in [0.3, 0.4) is 0 Å². The molecule has 0 radical (unpaired) electrons. The highest BCUT2D eigenvalue weighted by molar-refractivity contribution is 7.90. The maximum absolute atomic E-state index is 14.0. The van der Waals surface area contributed by atoms with Gasteiger partial charge in [-0.05, 0) is 130 Å². The minimum atomic E-state index is -4.59. The summed E-state index contributed by atoms with van der Waals surface area (Å²) in [5.74, 6) is -0.406. The molecule has 0 unspecified atom stereocenters. The van der Waals surface area contributed by atoms with Crippen molar-refractivity contribution in [3.05, 3.63) is 111 Å². The molecule has 5 aromatic rings. The number of halogens is 1. The fourth-order valence-corrected chi connectivity index (χ4v) is 11.7. The molecule has 1 spiro atoms. The molecule has 0 bridgehead atoms. The summed E-state index contributed by atoms with van der Waals surface area (Å²) in [4.78, 5) is 51.5. The van der Waals surface area contributed by atoms with Gasteiger partial charge < -0.3 is 24.7 Å². The normalized spacial score (nSPS) is 19.1. The number of pyridine rings is 1. The Balaban J connectivity index is 0.874. The van der Waals surface area contributed by atoms with Crippen LogP contribution in [0.4, 0.5) is 17.1 Å². The average Bonchev–Trinajstić information content (AvgIpc) is 3.65. The number of hydrogen-bond donors (Lipinski definition) is 3. The zero-order valence-electron chi connectivity index (χ0n) is 37.0. The number of carbonyl (C=O) groups is 2. The SMILES string of the molecule is CCOC(=O)CN1CCC2(CC1)CC(CNc1ccc(S(=O)(=O)NC(=O)c3ccc(N4CCN([C@@H]5CCCCc6c(Cl)cccc65)CC4)cc3Oc3cnc4[nH]ccc4c3)cc1[N+](=O)[O-])C2. The number of likely N-dealkylation sites (tertiary alicyclic amines) is 1. The molecular formula is C48H55ClN8O8S. The van der Waals surface area contributed by atoms with E-state index in [-0.39, 0.29) is 34.4 Å². The van der Waals surface area contributed by atoms with Gasteiger partial charge >= 0.3 is 5.97 Å². The van der Waals surface area contributed by atoms with Gasteiger partial charge in [-0.3, -0.25) is 29.5 Å². The predicted molar refractivity (Wildman–Crippen MR) is 252 cm³/mol. The average molecular weight is 940 g/mol. The number of aromatic amines is 1. The lowest BCUT2D eigenvalue weighted by Crippen LogP contribution is -2.49. The van der Waals surface area contributed by atoms with Crippen LogP contribution in [0.5, 0.6) is 11.5 Å². The van der Waals surface area contributed by atoms with E-state index in [4.69, 9.17) is 21.1 Å². The van der Waals surface area contributed by atoms with Crippen LogP contribution in [-0.2, 0) is 26.0 Å². The molecule has 9 rings (SSSR count). The summed E-state index contributed by atoms with van der Waals surface area (Å²) < 4.78 is 41.2. The maximum atomic E-state index is 14.0. The fourth-order valence-electron chi connectivity index (χ4n) is 10.5. The number of nitrogens with one attached hydrogen (secondary N) is 3. The number of nitro groups is 1. The topological polar surface area (TPSA) is 192 Å². The zero-order chi connectivity index (χ0) is 46.0. The molecule has 2 aliphatic heterocycles. The molecule has 18 heteroatoms. The summed E-state index contributed by atoms with van der Waals surface area (Å²) in [6.07, 6.45) is 11.4. The van der Waals surface area contributed by atoms with Crippen molar-refractivity contribution in [1.29, 1.82) is 0 Å². The highest BCUT2D eigenvalue weighted by Crippen LogP contribution is 2.52. The minimum Gasteiger partial charge on any atom is -0.465 e. The first kappa shape index (κ1) is 45.4. The molecule has 66 heavy (non-hydrogen) atoms. The van der Waals surface area contributed by atoms with Gasteiger partial charge in [0.15, 0.2) is 0 Å². The number of nitrogens with zero attached hydrogens (tertiary/aromatic N) is 5. The van der Waals surface area contributed by atoms with Crippen molar-refractivity contribution in [2.45, 2.75) is 69.2 Å². The number of H-pyrrole nitrogens is 1. The number of aromatic nitrogens is 2. The summed E-state index contributed by atoms with van der Waals surface area (Å²) in [6, 6.07) is 18.8. The lowest BCUT2D eigenvalue weighted by Gasteiger charge is -2.52. The number of anilines is 2. The van der Waals surface area contributed by atoms with Gasteiger partial charge in [-0.1, -0.05) is 30.2 Å². The number of benzene rings is 3. The van der Waals surface area contributed by atoms with E-state index in [1.807, 2.05) is 18.2 Å². The fraction of sp³-hybridized carbons (Fsp3) is 0.438. The quantitative estimate of drug-likeness (QED) is 0.0419.